The van der Waals surface area contributed by atoms with Crippen LogP contribution in [0.1, 0.15) is 25.7 Å². The maximum atomic E-state index is 12.4. The molecule has 2 aliphatic rings. The molecule has 1 aliphatic heterocycles. The van der Waals surface area contributed by atoms with Crippen LogP contribution in [-0.4, -0.2) is 11.8 Å². The van der Waals surface area contributed by atoms with E-state index in [0.29, 0.717) is 34.7 Å². The monoisotopic (exact) mass is 295 g/mol. The fourth-order valence-electron chi connectivity index (χ4n) is 2.62. The van der Waals surface area contributed by atoms with E-state index in [1.165, 1.54) is 0 Å². The van der Waals surface area contributed by atoms with Gasteiger partial charge in [-0.15, -0.1) is 0 Å². The first-order valence-electron chi connectivity index (χ1n) is 6.16. The third-order valence-corrected chi connectivity index (χ3v) is 4.37. The van der Waals surface area contributed by atoms with Crippen molar-refractivity contribution in [2.45, 2.75) is 25.7 Å². The minimum Gasteiger partial charge on any atom is -0.269 e. The van der Waals surface area contributed by atoms with Crippen molar-refractivity contribution in [3.8, 4) is 0 Å². The Balaban J connectivity index is 2.07. The summed E-state index contributed by atoms with van der Waals surface area (Å²) >= 11 is 12.1. The number of amides is 2. The van der Waals surface area contributed by atoms with Crippen LogP contribution in [-0.2, 0) is 9.59 Å². The number of nitrogens with zero attached hydrogens (tertiary/aromatic N) is 1. The van der Waals surface area contributed by atoms with Gasteiger partial charge in [0.15, 0.2) is 0 Å². The maximum absolute atomic E-state index is 12.4. The second-order valence-electron chi connectivity index (χ2n) is 4.68. The van der Waals surface area contributed by atoms with Gasteiger partial charge in [-0.05, 0) is 37.8 Å². The summed E-state index contributed by atoms with van der Waals surface area (Å²) in [4.78, 5) is 25.9. The highest BCUT2D eigenvalue weighted by atomic mass is 35.5. The molecule has 0 atom stereocenters. The van der Waals surface area contributed by atoms with Crippen LogP contribution in [0.3, 0.4) is 0 Å². The smallest absolute Gasteiger partial charge is 0.261 e. The van der Waals surface area contributed by atoms with Crippen LogP contribution in [0.25, 0.3) is 0 Å². The Hall–Kier alpha value is -1.32. The Morgan fingerprint density at radius 1 is 0.947 bits per heavy atom. The van der Waals surface area contributed by atoms with E-state index in [-0.39, 0.29) is 16.8 Å². The molecule has 19 heavy (non-hydrogen) atoms. The van der Waals surface area contributed by atoms with E-state index in [1.807, 2.05) is 0 Å². The average molecular weight is 296 g/mol. The number of imide groups is 1. The number of anilines is 1. The van der Waals surface area contributed by atoms with Crippen molar-refractivity contribution in [1.82, 2.24) is 0 Å². The zero-order valence-corrected chi connectivity index (χ0v) is 11.6. The van der Waals surface area contributed by atoms with Gasteiger partial charge in [-0.1, -0.05) is 29.3 Å². The first-order chi connectivity index (χ1) is 9.11. The van der Waals surface area contributed by atoms with Gasteiger partial charge in [0.25, 0.3) is 11.8 Å². The van der Waals surface area contributed by atoms with Gasteiger partial charge >= 0.3 is 0 Å². The number of benzene rings is 1. The molecule has 0 unspecified atom stereocenters. The molecule has 0 radical (unpaired) electrons. The first-order valence-corrected chi connectivity index (χ1v) is 6.91. The van der Waals surface area contributed by atoms with Crippen molar-refractivity contribution < 1.29 is 9.59 Å². The van der Waals surface area contributed by atoms with Crippen molar-refractivity contribution in [2.75, 3.05) is 4.90 Å². The summed E-state index contributed by atoms with van der Waals surface area (Å²) in [7, 11) is 0. The fourth-order valence-corrected chi connectivity index (χ4v) is 3.00. The highest BCUT2D eigenvalue weighted by Gasteiger charge is 2.40. The number of carbonyl (C=O) groups excluding carboxylic acids is 2. The lowest BCUT2D eigenvalue weighted by molar-refractivity contribution is -0.120. The molecule has 0 spiro atoms. The van der Waals surface area contributed by atoms with Crippen molar-refractivity contribution in [2.24, 2.45) is 0 Å². The molecule has 0 fully saturated rings. The van der Waals surface area contributed by atoms with Gasteiger partial charge in [-0.2, -0.15) is 0 Å². The number of hydrogen-bond acceptors (Lipinski definition) is 2. The fraction of sp³-hybridized carbons (Fsp3) is 0.286. The molecule has 1 aliphatic carbocycles. The maximum Gasteiger partial charge on any atom is 0.261 e. The van der Waals surface area contributed by atoms with Crippen LogP contribution in [0.5, 0.6) is 0 Å². The van der Waals surface area contributed by atoms with Crippen LogP contribution >= 0.6 is 23.2 Å². The zero-order chi connectivity index (χ0) is 13.6. The van der Waals surface area contributed by atoms with Gasteiger partial charge in [-0.25, -0.2) is 4.90 Å². The first kappa shape index (κ1) is 12.7. The summed E-state index contributed by atoms with van der Waals surface area (Å²) in [6.07, 6.45) is 3.26. The molecule has 1 aromatic carbocycles. The Bertz CT molecular complexity index is 594. The van der Waals surface area contributed by atoms with E-state index in [2.05, 4.69) is 0 Å². The summed E-state index contributed by atoms with van der Waals surface area (Å²) < 4.78 is 0. The Morgan fingerprint density at radius 3 is 2.11 bits per heavy atom. The number of rotatable bonds is 1. The molecular weight excluding hydrogens is 285 g/mol. The molecule has 0 bridgehead atoms. The summed E-state index contributed by atoms with van der Waals surface area (Å²) in [6.45, 7) is 0. The van der Waals surface area contributed by atoms with Gasteiger partial charge in [0.1, 0.15) is 0 Å². The van der Waals surface area contributed by atoms with Crippen LogP contribution < -0.4 is 4.90 Å². The summed E-state index contributed by atoms with van der Waals surface area (Å²) in [5, 5.41) is 0.579. The quantitative estimate of drug-likeness (QED) is 0.740. The highest BCUT2D eigenvalue weighted by Crippen LogP contribution is 2.39. The van der Waals surface area contributed by atoms with Crippen molar-refractivity contribution in [1.29, 1.82) is 0 Å². The molecule has 0 saturated heterocycles. The van der Waals surface area contributed by atoms with Crippen molar-refractivity contribution >= 4 is 40.7 Å². The average Bonchev–Trinajstić information content (AvgIpc) is 2.67. The predicted octanol–water partition coefficient (Wildman–Crippen LogP) is 3.74. The molecule has 0 aromatic heterocycles. The third-order valence-electron chi connectivity index (χ3n) is 3.56. The van der Waals surface area contributed by atoms with Gasteiger partial charge in [0, 0.05) is 11.1 Å². The molecule has 2 amide bonds. The van der Waals surface area contributed by atoms with Crippen molar-refractivity contribution in [3.05, 3.63) is 39.4 Å². The number of hydrogen-bond donors (Lipinski definition) is 0. The van der Waals surface area contributed by atoms with E-state index < -0.39 is 0 Å². The van der Waals surface area contributed by atoms with Gasteiger partial charge in [0.05, 0.1) is 15.7 Å². The Kier molecular flexibility index (Phi) is 3.11. The van der Waals surface area contributed by atoms with E-state index >= 15 is 0 Å². The Morgan fingerprint density at radius 2 is 1.53 bits per heavy atom. The molecular formula is C14H11Cl2NO2. The lowest BCUT2D eigenvalue weighted by atomic mass is 9.93. The third kappa shape index (κ3) is 1.88. The topological polar surface area (TPSA) is 37.4 Å². The van der Waals surface area contributed by atoms with Crippen LogP contribution in [0.15, 0.2) is 29.3 Å². The second-order valence-corrected chi connectivity index (χ2v) is 5.47. The van der Waals surface area contributed by atoms with E-state index in [9.17, 15) is 9.59 Å². The molecule has 1 aromatic rings. The molecule has 1 heterocycles. The minimum atomic E-state index is -0.246. The highest BCUT2D eigenvalue weighted by molar-refractivity contribution is 6.45. The van der Waals surface area contributed by atoms with Crippen LogP contribution in [0, 0.1) is 0 Å². The summed E-state index contributed by atoms with van der Waals surface area (Å²) in [6, 6.07) is 4.95. The molecule has 3 rings (SSSR count). The minimum absolute atomic E-state index is 0.241. The standard InChI is InChI=1S/C14H11Cl2NO2/c15-10-6-3-7-11(12(10)16)17-13(18)8-4-1-2-5-9(8)14(17)19/h3,6-7H,1-2,4-5H2. The lowest BCUT2D eigenvalue weighted by Crippen LogP contribution is -2.31. The summed E-state index contributed by atoms with van der Waals surface area (Å²) in [5.41, 5.74) is 1.66. The van der Waals surface area contributed by atoms with Gasteiger partial charge in [-0.3, -0.25) is 9.59 Å². The number of carbonyl (C=O) groups is 2. The van der Waals surface area contributed by atoms with Crippen LogP contribution in [0.2, 0.25) is 10.0 Å². The van der Waals surface area contributed by atoms with E-state index in [1.54, 1.807) is 18.2 Å². The van der Waals surface area contributed by atoms with Crippen molar-refractivity contribution in [3.63, 3.8) is 0 Å². The Labute approximate surface area is 120 Å². The zero-order valence-electron chi connectivity index (χ0n) is 10.1. The van der Waals surface area contributed by atoms with Crippen LogP contribution in [0.4, 0.5) is 5.69 Å². The SMILES string of the molecule is O=C1C2=C(CCCC2)C(=O)N1c1cccc(Cl)c1Cl. The molecule has 5 heteroatoms. The normalized spacial score (nSPS) is 19.2. The molecule has 98 valence electrons. The van der Waals surface area contributed by atoms with Gasteiger partial charge in [0.2, 0.25) is 0 Å². The largest absolute Gasteiger partial charge is 0.269 e. The number of halogens is 2. The lowest BCUT2D eigenvalue weighted by Gasteiger charge is -2.17. The second kappa shape index (κ2) is 4.66. The summed E-state index contributed by atoms with van der Waals surface area (Å²) in [5.74, 6) is -0.493. The molecule has 0 saturated carbocycles. The van der Waals surface area contributed by atoms with E-state index in [4.69, 9.17) is 23.2 Å². The molecule has 3 nitrogen and oxygen atoms in total. The van der Waals surface area contributed by atoms with Gasteiger partial charge < -0.3 is 0 Å². The predicted molar refractivity (Wildman–Crippen MR) is 74.4 cm³/mol. The molecule has 0 N–H and O–H groups in total. The van der Waals surface area contributed by atoms with E-state index in [0.717, 1.165) is 17.7 Å².